The second kappa shape index (κ2) is 9.05. The van der Waals surface area contributed by atoms with E-state index in [1.165, 1.54) is 34.9 Å². The van der Waals surface area contributed by atoms with Gasteiger partial charge in [-0.15, -0.1) is 0 Å². The average Bonchev–Trinajstić information content (AvgIpc) is 3.36. The normalized spacial score (nSPS) is 19.3. The number of carbonyl (C=O) groups is 1. The van der Waals surface area contributed by atoms with Gasteiger partial charge in [-0.1, -0.05) is 6.07 Å². The number of cyclic esters (lactones) is 1. The molecule has 0 saturated carbocycles. The summed E-state index contributed by atoms with van der Waals surface area (Å²) < 4.78 is 9.88. The van der Waals surface area contributed by atoms with E-state index in [-0.39, 0.29) is 12.1 Å². The van der Waals surface area contributed by atoms with E-state index < -0.39 is 0 Å². The maximum atomic E-state index is 11.1. The minimum atomic E-state index is -0.311. The third-order valence-corrected chi connectivity index (χ3v) is 4.71. The number of likely N-dealkylation sites (N-methyl/N-ethyl adjacent to an activating group) is 1. The highest BCUT2D eigenvalue weighted by molar-refractivity contribution is 5.84. The topological polar surface area (TPSA) is 66.6 Å². The molecule has 0 radical (unpaired) electrons. The van der Waals surface area contributed by atoms with Gasteiger partial charge in [0.1, 0.15) is 6.61 Å². The van der Waals surface area contributed by atoms with Crippen molar-refractivity contribution in [3.05, 3.63) is 35.5 Å². The van der Waals surface area contributed by atoms with Gasteiger partial charge < -0.3 is 24.7 Å². The van der Waals surface area contributed by atoms with E-state index in [9.17, 15) is 4.79 Å². The molecule has 0 aliphatic carbocycles. The van der Waals surface area contributed by atoms with E-state index in [1.807, 2.05) is 0 Å². The molecule has 142 valence electrons. The number of hydrogen-bond acceptors (Lipinski definition) is 4. The van der Waals surface area contributed by atoms with Crippen LogP contribution >= 0.6 is 0 Å². The van der Waals surface area contributed by atoms with Crippen molar-refractivity contribution in [2.24, 2.45) is 0 Å². The van der Waals surface area contributed by atoms with Gasteiger partial charge in [-0.3, -0.25) is 0 Å². The lowest BCUT2D eigenvalue weighted by Gasteiger charge is -2.09. The highest BCUT2D eigenvalue weighted by atomic mass is 16.6. The fourth-order valence-electron chi connectivity index (χ4n) is 3.23. The summed E-state index contributed by atoms with van der Waals surface area (Å²) in [7, 11) is 4.17. The van der Waals surface area contributed by atoms with Crippen LogP contribution in [0.4, 0.5) is 4.79 Å². The van der Waals surface area contributed by atoms with Gasteiger partial charge in [0.25, 0.3) is 0 Å². The molecule has 1 aromatic carbocycles. The fourth-order valence-corrected chi connectivity index (χ4v) is 3.23. The van der Waals surface area contributed by atoms with Gasteiger partial charge in [-0.2, -0.15) is 0 Å². The Morgan fingerprint density at radius 2 is 2.04 bits per heavy atom. The number of benzene rings is 1. The third kappa shape index (κ3) is 5.22. The van der Waals surface area contributed by atoms with E-state index in [2.05, 4.69) is 53.7 Å². The van der Waals surface area contributed by atoms with Crippen LogP contribution in [0.25, 0.3) is 10.9 Å². The summed E-state index contributed by atoms with van der Waals surface area (Å²) in [5.74, 6) is 0. The van der Waals surface area contributed by atoms with E-state index in [0.717, 1.165) is 32.6 Å². The maximum Gasteiger partial charge on any atom is 0.407 e. The van der Waals surface area contributed by atoms with Crippen LogP contribution in [0.1, 0.15) is 24.0 Å². The zero-order valence-corrected chi connectivity index (χ0v) is 15.7. The summed E-state index contributed by atoms with van der Waals surface area (Å²) >= 11 is 0. The predicted octanol–water partition coefficient (Wildman–Crippen LogP) is 2.72. The second-order valence-corrected chi connectivity index (χ2v) is 7.21. The molecule has 2 N–H and O–H groups in total. The lowest BCUT2D eigenvalue weighted by Crippen LogP contribution is -2.28. The highest BCUT2D eigenvalue weighted by Gasteiger charge is 2.22. The van der Waals surface area contributed by atoms with Crippen molar-refractivity contribution < 1.29 is 14.3 Å². The van der Waals surface area contributed by atoms with Crippen LogP contribution in [0.15, 0.2) is 24.4 Å². The van der Waals surface area contributed by atoms with Crippen LogP contribution in [0.3, 0.4) is 0 Å². The van der Waals surface area contributed by atoms with Gasteiger partial charge in [0.05, 0.1) is 6.04 Å². The summed E-state index contributed by atoms with van der Waals surface area (Å²) in [5, 5.41) is 4.10. The summed E-state index contributed by atoms with van der Waals surface area (Å²) in [4.78, 5) is 16.6. The average molecular weight is 359 g/mol. The predicted molar refractivity (Wildman–Crippen MR) is 103 cm³/mol. The number of nitrogens with one attached hydrogen (secondary N) is 2. The fraction of sp³-hybridized carbons (Fsp3) is 0.550. The SMILES string of the molecule is C1CCOC1.CN(C)CCc1c[nH]c2ccc(C[C@H]3COC(=O)N3)cc12. The van der Waals surface area contributed by atoms with Gasteiger partial charge in [-0.25, -0.2) is 4.79 Å². The van der Waals surface area contributed by atoms with E-state index in [4.69, 9.17) is 9.47 Å². The molecule has 0 bridgehead atoms. The molecule has 0 unspecified atom stereocenters. The maximum absolute atomic E-state index is 11.1. The Morgan fingerprint density at radius 1 is 1.23 bits per heavy atom. The number of carbonyl (C=O) groups excluding carboxylic acids is 1. The van der Waals surface area contributed by atoms with E-state index in [0.29, 0.717) is 6.61 Å². The molecule has 2 aliphatic heterocycles. The van der Waals surface area contributed by atoms with Crippen molar-refractivity contribution in [2.75, 3.05) is 40.5 Å². The minimum Gasteiger partial charge on any atom is -0.447 e. The number of aromatic nitrogens is 1. The molecule has 1 atom stereocenters. The van der Waals surface area contributed by atoms with Crippen molar-refractivity contribution in [2.45, 2.75) is 31.7 Å². The number of fused-ring (bicyclic) bond motifs is 1. The molecule has 1 aromatic heterocycles. The van der Waals surface area contributed by atoms with Gasteiger partial charge in [0.2, 0.25) is 0 Å². The first-order chi connectivity index (χ1) is 12.6. The number of alkyl carbamates (subject to hydrolysis) is 1. The first-order valence-electron chi connectivity index (χ1n) is 9.36. The number of H-pyrrole nitrogens is 1. The van der Waals surface area contributed by atoms with Crippen LogP contribution in [-0.2, 0) is 22.3 Å². The number of hydrogen-bond donors (Lipinski definition) is 2. The van der Waals surface area contributed by atoms with Crippen molar-refractivity contribution in [1.82, 2.24) is 15.2 Å². The van der Waals surface area contributed by atoms with Crippen molar-refractivity contribution in [3.8, 4) is 0 Å². The van der Waals surface area contributed by atoms with Crippen molar-refractivity contribution in [1.29, 1.82) is 0 Å². The number of amides is 1. The van der Waals surface area contributed by atoms with Crippen molar-refractivity contribution >= 4 is 17.0 Å². The molecular weight excluding hydrogens is 330 g/mol. The molecule has 0 spiro atoms. The highest BCUT2D eigenvalue weighted by Crippen LogP contribution is 2.21. The molecule has 6 heteroatoms. The molecule has 1 amide bonds. The van der Waals surface area contributed by atoms with E-state index in [1.54, 1.807) is 0 Å². The number of aromatic amines is 1. The number of rotatable bonds is 5. The Balaban J connectivity index is 0.000000339. The molecule has 2 saturated heterocycles. The number of nitrogens with zero attached hydrogens (tertiary/aromatic N) is 1. The molecule has 26 heavy (non-hydrogen) atoms. The zero-order valence-electron chi connectivity index (χ0n) is 15.7. The van der Waals surface area contributed by atoms with Crippen molar-refractivity contribution in [3.63, 3.8) is 0 Å². The summed E-state index contributed by atoms with van der Waals surface area (Å²) in [6.45, 7) is 3.49. The first-order valence-corrected chi connectivity index (χ1v) is 9.36. The molecule has 4 rings (SSSR count). The van der Waals surface area contributed by atoms with Crippen LogP contribution in [0.2, 0.25) is 0 Å². The Morgan fingerprint density at radius 3 is 2.65 bits per heavy atom. The number of ether oxygens (including phenoxy) is 2. The summed E-state index contributed by atoms with van der Waals surface area (Å²) in [6.07, 6.45) is 6.17. The van der Waals surface area contributed by atoms with Gasteiger partial charge in [0, 0.05) is 36.9 Å². The monoisotopic (exact) mass is 359 g/mol. The third-order valence-electron chi connectivity index (χ3n) is 4.71. The molecule has 2 aliphatic rings. The Kier molecular flexibility index (Phi) is 6.52. The molecule has 3 heterocycles. The van der Waals surface area contributed by atoms with Crippen LogP contribution in [-0.4, -0.2) is 62.5 Å². The molecule has 2 aromatic rings. The van der Waals surface area contributed by atoms with Crippen LogP contribution in [0, 0.1) is 0 Å². The largest absolute Gasteiger partial charge is 0.447 e. The Bertz CT molecular complexity index is 715. The Hall–Kier alpha value is -2.05. The molecule has 2 fully saturated rings. The lowest BCUT2D eigenvalue weighted by molar-refractivity contribution is 0.177. The van der Waals surface area contributed by atoms with Crippen LogP contribution in [0.5, 0.6) is 0 Å². The minimum absolute atomic E-state index is 0.0825. The second-order valence-electron chi connectivity index (χ2n) is 7.21. The quantitative estimate of drug-likeness (QED) is 0.861. The smallest absolute Gasteiger partial charge is 0.407 e. The standard InChI is InChI=1S/C16H21N3O2.C4H8O/c1-19(2)6-5-12-9-17-15-4-3-11(8-14(12)15)7-13-10-21-16(20)18-13;1-2-4-5-3-1/h3-4,8-9,13,17H,5-7,10H2,1-2H3,(H,18,20);1-4H2/t13-;/m0./s1. The van der Waals surface area contributed by atoms with Crippen LogP contribution < -0.4 is 5.32 Å². The van der Waals surface area contributed by atoms with E-state index >= 15 is 0 Å². The Labute approximate surface area is 154 Å². The molecular formula is C20H29N3O3. The molecule has 6 nitrogen and oxygen atoms in total. The lowest BCUT2D eigenvalue weighted by atomic mass is 10.0. The first kappa shape index (κ1) is 18.7. The van der Waals surface area contributed by atoms with Gasteiger partial charge in [0.15, 0.2) is 0 Å². The summed E-state index contributed by atoms with van der Waals surface area (Å²) in [6, 6.07) is 6.53. The van der Waals surface area contributed by atoms with Gasteiger partial charge in [-0.05, 0) is 63.0 Å². The zero-order chi connectivity index (χ0) is 18.4. The summed E-state index contributed by atoms with van der Waals surface area (Å²) in [5.41, 5.74) is 3.73. The van der Waals surface area contributed by atoms with Gasteiger partial charge >= 0.3 is 6.09 Å².